The molecule has 0 atom stereocenters. The van der Waals surface area contributed by atoms with Crippen LogP contribution in [0, 0.1) is 0 Å². The van der Waals surface area contributed by atoms with Crippen LogP contribution in [0.25, 0.3) is 0 Å². The monoisotopic (exact) mass is 425 g/mol. The van der Waals surface area contributed by atoms with Gasteiger partial charge in [-0.15, -0.1) is 0 Å². The second-order valence-electron chi connectivity index (χ2n) is 7.60. The summed E-state index contributed by atoms with van der Waals surface area (Å²) in [6.45, 7) is 5.93. The number of hydrogen-bond acceptors (Lipinski definition) is 4. The Bertz CT molecular complexity index is 859. The van der Waals surface area contributed by atoms with Crippen molar-refractivity contribution in [2.45, 2.75) is 39.3 Å². The number of piperidine rings is 1. The Balaban J connectivity index is 1.73. The van der Waals surface area contributed by atoms with Crippen LogP contribution in [0.5, 0.6) is 11.5 Å². The zero-order valence-corrected chi connectivity index (χ0v) is 18.5. The zero-order valence-electron chi connectivity index (χ0n) is 18.5. The maximum absolute atomic E-state index is 13.2. The smallest absolute Gasteiger partial charge is 0.322 e. The van der Waals surface area contributed by atoms with Crippen molar-refractivity contribution in [1.29, 1.82) is 0 Å². The molecule has 0 unspecified atom stereocenters. The summed E-state index contributed by atoms with van der Waals surface area (Å²) in [4.78, 5) is 28.6. The number of nitrogens with zero attached hydrogens (tertiary/aromatic N) is 2. The molecule has 0 radical (unpaired) electrons. The summed E-state index contributed by atoms with van der Waals surface area (Å²) in [5.74, 6) is 1.63. The third-order valence-corrected chi connectivity index (χ3v) is 5.54. The number of methoxy groups -OCH3 is 1. The Morgan fingerprint density at radius 2 is 1.65 bits per heavy atom. The van der Waals surface area contributed by atoms with E-state index in [1.165, 1.54) is 0 Å². The lowest BCUT2D eigenvalue weighted by Gasteiger charge is -2.38. The molecule has 0 bridgehead atoms. The van der Waals surface area contributed by atoms with Crippen LogP contribution in [0.15, 0.2) is 48.5 Å². The number of amides is 3. The molecule has 0 saturated carbocycles. The first-order chi connectivity index (χ1) is 15.0. The van der Waals surface area contributed by atoms with E-state index in [1.807, 2.05) is 65.3 Å². The van der Waals surface area contributed by atoms with Crippen molar-refractivity contribution >= 4 is 17.6 Å². The molecule has 0 aromatic heterocycles. The fourth-order valence-corrected chi connectivity index (χ4v) is 3.78. The third kappa shape index (κ3) is 6.13. The highest BCUT2D eigenvalue weighted by Crippen LogP contribution is 2.23. The summed E-state index contributed by atoms with van der Waals surface area (Å²) in [6, 6.07) is 15.0. The van der Waals surface area contributed by atoms with Gasteiger partial charge in [-0.1, -0.05) is 12.1 Å². The van der Waals surface area contributed by atoms with Gasteiger partial charge in [-0.25, -0.2) is 4.79 Å². The highest BCUT2D eigenvalue weighted by atomic mass is 16.5. The molecule has 2 aromatic carbocycles. The van der Waals surface area contributed by atoms with Crippen molar-refractivity contribution in [3.05, 3.63) is 54.1 Å². The molecule has 31 heavy (non-hydrogen) atoms. The average molecular weight is 426 g/mol. The Labute approximate surface area is 183 Å². The molecule has 1 saturated heterocycles. The first-order valence-corrected chi connectivity index (χ1v) is 10.7. The van der Waals surface area contributed by atoms with Gasteiger partial charge < -0.3 is 24.6 Å². The number of nitrogens with one attached hydrogen (secondary N) is 1. The summed E-state index contributed by atoms with van der Waals surface area (Å²) in [6.07, 6.45) is 1.51. The van der Waals surface area contributed by atoms with Gasteiger partial charge in [0.05, 0.1) is 13.7 Å². The van der Waals surface area contributed by atoms with Gasteiger partial charge in [0.2, 0.25) is 5.91 Å². The minimum absolute atomic E-state index is 0.0559. The second kappa shape index (κ2) is 10.7. The molecule has 3 amide bonds. The standard InChI is InChI=1S/C24H31N3O4/c1-4-31-23-11-7-20(8-12-23)25-24(29)27(17-19-5-9-22(30-3)10-6-19)21-13-15-26(16-14-21)18(2)28/h5-12,21H,4,13-17H2,1-3H3,(H,25,29). The number of carbonyl (C=O) groups excluding carboxylic acids is 2. The van der Waals surface area contributed by atoms with Crippen molar-refractivity contribution in [2.75, 3.05) is 32.1 Å². The van der Waals surface area contributed by atoms with E-state index in [0.717, 1.165) is 29.9 Å². The number of ether oxygens (including phenoxy) is 2. The highest BCUT2D eigenvalue weighted by Gasteiger charge is 2.29. The van der Waals surface area contributed by atoms with Crippen molar-refractivity contribution in [2.24, 2.45) is 0 Å². The number of likely N-dealkylation sites (tertiary alicyclic amines) is 1. The predicted octanol–water partition coefficient (Wildman–Crippen LogP) is 4.14. The molecule has 3 rings (SSSR count). The molecule has 2 aromatic rings. The summed E-state index contributed by atoms with van der Waals surface area (Å²) in [7, 11) is 1.63. The molecule has 0 aliphatic carbocycles. The quantitative estimate of drug-likeness (QED) is 0.724. The molecule has 166 valence electrons. The summed E-state index contributed by atoms with van der Waals surface area (Å²) < 4.78 is 10.7. The van der Waals surface area contributed by atoms with Crippen LogP contribution in [-0.4, -0.2) is 54.6 Å². The van der Waals surface area contributed by atoms with Crippen LogP contribution in [0.3, 0.4) is 0 Å². The summed E-state index contributed by atoms with van der Waals surface area (Å²) in [5, 5.41) is 3.01. The predicted molar refractivity (Wildman–Crippen MR) is 120 cm³/mol. The first-order valence-electron chi connectivity index (χ1n) is 10.7. The van der Waals surface area contributed by atoms with Crippen molar-refractivity contribution in [3.63, 3.8) is 0 Å². The molecular weight excluding hydrogens is 394 g/mol. The molecule has 1 N–H and O–H groups in total. The van der Waals surface area contributed by atoms with Crippen molar-refractivity contribution in [1.82, 2.24) is 9.80 Å². The third-order valence-electron chi connectivity index (χ3n) is 5.54. The van der Waals surface area contributed by atoms with E-state index in [9.17, 15) is 9.59 Å². The van der Waals surface area contributed by atoms with E-state index in [2.05, 4.69) is 5.32 Å². The van der Waals surface area contributed by atoms with Crippen LogP contribution in [0.4, 0.5) is 10.5 Å². The van der Waals surface area contributed by atoms with Gasteiger partial charge in [-0.05, 0) is 61.7 Å². The number of anilines is 1. The minimum atomic E-state index is -0.152. The maximum Gasteiger partial charge on any atom is 0.322 e. The Hall–Kier alpha value is -3.22. The molecule has 7 nitrogen and oxygen atoms in total. The van der Waals surface area contributed by atoms with Gasteiger partial charge in [0.15, 0.2) is 0 Å². The van der Waals surface area contributed by atoms with E-state index < -0.39 is 0 Å². The number of urea groups is 1. The number of benzene rings is 2. The lowest BCUT2D eigenvalue weighted by Crippen LogP contribution is -2.49. The van der Waals surface area contributed by atoms with E-state index >= 15 is 0 Å². The average Bonchev–Trinajstić information content (AvgIpc) is 2.79. The summed E-state index contributed by atoms with van der Waals surface area (Å²) >= 11 is 0. The van der Waals surface area contributed by atoms with E-state index in [1.54, 1.807) is 14.0 Å². The van der Waals surface area contributed by atoms with E-state index in [-0.39, 0.29) is 18.0 Å². The van der Waals surface area contributed by atoms with Crippen LogP contribution in [-0.2, 0) is 11.3 Å². The topological polar surface area (TPSA) is 71.1 Å². The van der Waals surface area contributed by atoms with Crippen LogP contribution in [0.1, 0.15) is 32.3 Å². The van der Waals surface area contributed by atoms with Gasteiger partial charge in [0.1, 0.15) is 11.5 Å². The van der Waals surface area contributed by atoms with Gasteiger partial charge >= 0.3 is 6.03 Å². The van der Waals surface area contributed by atoms with Crippen LogP contribution < -0.4 is 14.8 Å². The number of carbonyl (C=O) groups is 2. The molecule has 1 aliphatic heterocycles. The van der Waals surface area contributed by atoms with Gasteiger partial charge in [0.25, 0.3) is 0 Å². The molecule has 0 spiro atoms. The first kappa shape index (κ1) is 22.5. The Kier molecular flexibility index (Phi) is 7.76. The van der Waals surface area contributed by atoms with E-state index in [4.69, 9.17) is 9.47 Å². The van der Waals surface area contributed by atoms with Gasteiger partial charge in [-0.2, -0.15) is 0 Å². The molecule has 1 aliphatic rings. The van der Waals surface area contributed by atoms with Gasteiger partial charge in [-0.3, -0.25) is 4.79 Å². The highest BCUT2D eigenvalue weighted by molar-refractivity contribution is 5.89. The molecule has 1 fully saturated rings. The fourth-order valence-electron chi connectivity index (χ4n) is 3.78. The van der Waals surface area contributed by atoms with Crippen LogP contribution >= 0.6 is 0 Å². The second-order valence-corrected chi connectivity index (χ2v) is 7.60. The van der Waals surface area contributed by atoms with Crippen molar-refractivity contribution in [3.8, 4) is 11.5 Å². The van der Waals surface area contributed by atoms with E-state index in [0.29, 0.717) is 31.9 Å². The SMILES string of the molecule is CCOc1ccc(NC(=O)N(Cc2ccc(OC)cc2)C2CCN(C(C)=O)CC2)cc1. The largest absolute Gasteiger partial charge is 0.497 e. The van der Waals surface area contributed by atoms with Gasteiger partial charge in [0, 0.05) is 38.3 Å². The molecule has 7 heteroatoms. The molecular formula is C24H31N3O4. The maximum atomic E-state index is 13.2. The van der Waals surface area contributed by atoms with Crippen LogP contribution in [0.2, 0.25) is 0 Å². The Morgan fingerprint density at radius 3 is 2.19 bits per heavy atom. The summed E-state index contributed by atoms with van der Waals surface area (Å²) in [5.41, 5.74) is 1.74. The fraction of sp³-hybridized carbons (Fsp3) is 0.417. The van der Waals surface area contributed by atoms with Crippen molar-refractivity contribution < 1.29 is 19.1 Å². The normalized spacial score (nSPS) is 14.1. The zero-order chi connectivity index (χ0) is 22.2. The lowest BCUT2D eigenvalue weighted by atomic mass is 10.0. The number of rotatable bonds is 7. The Morgan fingerprint density at radius 1 is 1.03 bits per heavy atom. The minimum Gasteiger partial charge on any atom is -0.497 e. The lowest BCUT2D eigenvalue weighted by molar-refractivity contribution is -0.130. The number of hydrogen-bond donors (Lipinski definition) is 1. The molecule has 1 heterocycles.